The van der Waals surface area contributed by atoms with Crippen LogP contribution in [0, 0.1) is 5.92 Å². The number of nitrogens with two attached hydrogens (primary N) is 1. The van der Waals surface area contributed by atoms with Gasteiger partial charge in [0.25, 0.3) is 0 Å². The number of hydrogen-bond acceptors (Lipinski definition) is 6. The molecule has 0 aromatic heterocycles. The summed E-state index contributed by atoms with van der Waals surface area (Å²) in [5.74, 6) is -4.16. The van der Waals surface area contributed by atoms with Gasteiger partial charge >= 0.3 is 5.97 Å². The molecule has 2 atom stereocenters. The van der Waals surface area contributed by atoms with Crippen LogP contribution in [0.4, 0.5) is 0 Å². The van der Waals surface area contributed by atoms with E-state index in [1.54, 1.807) is 42.5 Å². The maximum absolute atomic E-state index is 13.4. The Morgan fingerprint density at radius 3 is 2.50 bits per heavy atom. The number of likely N-dealkylation sites (tertiary alicyclic amines) is 1. The number of halogens is 1. The van der Waals surface area contributed by atoms with Crippen molar-refractivity contribution >= 4 is 39.1 Å². The first kappa shape index (κ1) is 27.8. The first-order chi connectivity index (χ1) is 17.1. The smallest absolute Gasteiger partial charge is 0.304 e. The lowest BCUT2D eigenvalue weighted by Crippen LogP contribution is -2.45. The van der Waals surface area contributed by atoms with Crippen molar-refractivity contribution in [3.63, 3.8) is 0 Å². The quantitative estimate of drug-likeness (QED) is 0.427. The van der Waals surface area contributed by atoms with Gasteiger partial charge in [-0.05, 0) is 48.1 Å². The van der Waals surface area contributed by atoms with Crippen LogP contribution >= 0.6 is 11.6 Å². The van der Waals surface area contributed by atoms with E-state index in [1.165, 1.54) is 4.90 Å². The third-order valence-electron chi connectivity index (χ3n) is 6.39. The summed E-state index contributed by atoms with van der Waals surface area (Å²) in [5, 5.41) is 9.91. The average Bonchev–Trinajstić information content (AvgIpc) is 3.31. The molecule has 2 aromatic carbocycles. The Morgan fingerprint density at radius 2 is 1.83 bits per heavy atom. The summed E-state index contributed by atoms with van der Waals surface area (Å²) in [4.78, 5) is 39.3. The van der Waals surface area contributed by atoms with Crippen molar-refractivity contribution < 1.29 is 27.9 Å². The standard InChI is InChI=1S/C26H31ClN2O6S/c27-22-10-8-20(15-28)19(13-22)9-11-24(30)23-7-4-12-29(23)26(33)21(14-25(31)32)17-36(34,35)16-18-5-2-1-3-6-18/h1-3,5-6,8,10,13,21,23H,4,7,9,11-12,14-17,28H2,(H,31,32)/t21-,23-/m0/s1. The molecule has 1 heterocycles. The summed E-state index contributed by atoms with van der Waals surface area (Å²) in [6.07, 6.45) is 1.00. The molecule has 1 fully saturated rings. The minimum atomic E-state index is -3.77. The Labute approximate surface area is 216 Å². The molecule has 1 amide bonds. The second-order valence-electron chi connectivity index (χ2n) is 9.11. The van der Waals surface area contributed by atoms with Gasteiger partial charge in [0.2, 0.25) is 5.91 Å². The molecule has 8 nitrogen and oxygen atoms in total. The predicted octanol–water partition coefficient (Wildman–Crippen LogP) is 3.00. The largest absolute Gasteiger partial charge is 0.481 e. The van der Waals surface area contributed by atoms with E-state index in [-0.39, 0.29) is 24.5 Å². The fourth-order valence-corrected chi connectivity index (χ4v) is 6.56. The van der Waals surface area contributed by atoms with E-state index in [0.29, 0.717) is 36.4 Å². The maximum atomic E-state index is 13.4. The van der Waals surface area contributed by atoms with E-state index in [9.17, 15) is 27.9 Å². The highest BCUT2D eigenvalue weighted by molar-refractivity contribution is 7.90. The normalized spacial score (nSPS) is 16.6. The van der Waals surface area contributed by atoms with Crippen molar-refractivity contribution in [3.05, 3.63) is 70.2 Å². The highest BCUT2D eigenvalue weighted by Gasteiger charge is 2.39. The number of nitrogens with zero attached hydrogens (tertiary/aromatic N) is 1. The minimum absolute atomic E-state index is 0.148. The highest BCUT2D eigenvalue weighted by atomic mass is 35.5. The zero-order valence-electron chi connectivity index (χ0n) is 19.9. The first-order valence-electron chi connectivity index (χ1n) is 11.9. The van der Waals surface area contributed by atoms with E-state index in [0.717, 1.165) is 11.1 Å². The molecule has 10 heteroatoms. The lowest BCUT2D eigenvalue weighted by Gasteiger charge is -2.28. The molecule has 1 aliphatic rings. The Hall–Kier alpha value is -2.75. The Kier molecular flexibility index (Phi) is 9.64. The predicted molar refractivity (Wildman–Crippen MR) is 137 cm³/mol. The summed E-state index contributed by atoms with van der Waals surface area (Å²) < 4.78 is 25.6. The molecular formula is C26H31ClN2O6S. The molecule has 0 spiro atoms. The molecule has 3 N–H and O–H groups in total. The zero-order chi connectivity index (χ0) is 26.3. The van der Waals surface area contributed by atoms with Crippen LogP contribution in [-0.2, 0) is 42.9 Å². The van der Waals surface area contributed by atoms with E-state index >= 15 is 0 Å². The summed E-state index contributed by atoms with van der Waals surface area (Å²) in [6.45, 7) is 0.596. The Morgan fingerprint density at radius 1 is 1.11 bits per heavy atom. The van der Waals surface area contributed by atoms with Crippen LogP contribution in [-0.4, -0.2) is 54.4 Å². The number of sulfone groups is 1. The van der Waals surface area contributed by atoms with Crippen molar-refractivity contribution in [1.29, 1.82) is 0 Å². The number of Topliss-reactive ketones (excluding diaryl/α,β-unsaturated/α-hetero) is 1. The second kappa shape index (κ2) is 12.5. The molecule has 0 bridgehead atoms. The number of ketones is 1. The third-order valence-corrected chi connectivity index (χ3v) is 8.31. The minimum Gasteiger partial charge on any atom is -0.481 e. The van der Waals surface area contributed by atoms with E-state index < -0.39 is 45.8 Å². The summed E-state index contributed by atoms with van der Waals surface area (Å²) in [7, 11) is -3.77. The number of carboxylic acid groups (broad SMARTS) is 1. The molecule has 194 valence electrons. The second-order valence-corrected chi connectivity index (χ2v) is 11.7. The van der Waals surface area contributed by atoms with Gasteiger partial charge in [0.1, 0.15) is 0 Å². The SMILES string of the molecule is NCc1ccc(Cl)cc1CCC(=O)[C@@H]1CCCN1C(=O)[C@@H](CC(=O)O)CS(=O)(=O)Cc1ccccc1. The third kappa shape index (κ3) is 7.62. The molecule has 0 radical (unpaired) electrons. The number of benzene rings is 2. The lowest BCUT2D eigenvalue weighted by atomic mass is 9.97. The fraction of sp³-hybridized carbons (Fsp3) is 0.423. The van der Waals surface area contributed by atoms with Gasteiger partial charge in [0.05, 0.1) is 29.9 Å². The molecule has 1 saturated heterocycles. The van der Waals surface area contributed by atoms with E-state index in [4.69, 9.17) is 17.3 Å². The maximum Gasteiger partial charge on any atom is 0.304 e. The van der Waals surface area contributed by atoms with Crippen molar-refractivity contribution in [3.8, 4) is 0 Å². The van der Waals surface area contributed by atoms with Crippen molar-refractivity contribution in [1.82, 2.24) is 4.90 Å². The topological polar surface area (TPSA) is 135 Å². The van der Waals surface area contributed by atoms with Crippen molar-refractivity contribution in [2.45, 2.75) is 50.4 Å². The molecule has 36 heavy (non-hydrogen) atoms. The molecule has 2 aromatic rings. The van der Waals surface area contributed by atoms with E-state index in [1.807, 2.05) is 6.07 Å². The van der Waals surface area contributed by atoms with Crippen LogP contribution in [0.2, 0.25) is 5.02 Å². The number of carboxylic acids is 1. The molecule has 0 saturated carbocycles. The summed E-state index contributed by atoms with van der Waals surface area (Å²) in [5.41, 5.74) is 8.10. The van der Waals surface area contributed by atoms with Crippen molar-refractivity contribution in [2.75, 3.05) is 12.3 Å². The summed E-state index contributed by atoms with van der Waals surface area (Å²) in [6, 6.07) is 13.1. The van der Waals surface area contributed by atoms with Gasteiger partial charge < -0.3 is 15.7 Å². The summed E-state index contributed by atoms with van der Waals surface area (Å²) >= 11 is 6.09. The van der Waals surface area contributed by atoms with Crippen LogP contribution in [0.5, 0.6) is 0 Å². The van der Waals surface area contributed by atoms with Crippen LogP contribution in [0.1, 0.15) is 42.4 Å². The monoisotopic (exact) mass is 534 g/mol. The lowest BCUT2D eigenvalue weighted by molar-refractivity contribution is -0.145. The first-order valence-corrected chi connectivity index (χ1v) is 14.1. The van der Waals surface area contributed by atoms with Gasteiger partial charge in [-0.25, -0.2) is 8.42 Å². The van der Waals surface area contributed by atoms with Crippen molar-refractivity contribution in [2.24, 2.45) is 11.7 Å². The molecule has 0 aliphatic carbocycles. The number of aryl methyl sites for hydroxylation is 1. The average molecular weight is 535 g/mol. The Balaban J connectivity index is 1.71. The number of hydrogen-bond donors (Lipinski definition) is 2. The van der Waals surface area contributed by atoms with Gasteiger partial charge in [-0.3, -0.25) is 14.4 Å². The van der Waals surface area contributed by atoms with Gasteiger partial charge in [0, 0.05) is 24.5 Å². The van der Waals surface area contributed by atoms with Gasteiger partial charge in [-0.2, -0.15) is 0 Å². The van der Waals surface area contributed by atoms with Crippen LogP contribution in [0.15, 0.2) is 48.5 Å². The number of carbonyl (C=O) groups excluding carboxylic acids is 2. The molecule has 0 unspecified atom stereocenters. The number of rotatable bonds is 12. The zero-order valence-corrected chi connectivity index (χ0v) is 21.5. The molecular weight excluding hydrogens is 504 g/mol. The molecule has 3 rings (SSSR count). The number of aliphatic carboxylic acids is 1. The van der Waals surface area contributed by atoms with Crippen LogP contribution in [0.3, 0.4) is 0 Å². The van der Waals surface area contributed by atoms with Crippen LogP contribution < -0.4 is 5.73 Å². The van der Waals surface area contributed by atoms with Gasteiger partial charge in [0.15, 0.2) is 15.6 Å². The molecule has 1 aliphatic heterocycles. The Bertz CT molecular complexity index is 1200. The van der Waals surface area contributed by atoms with E-state index in [2.05, 4.69) is 0 Å². The van der Waals surface area contributed by atoms with Crippen LogP contribution in [0.25, 0.3) is 0 Å². The fourth-order valence-electron chi connectivity index (χ4n) is 4.67. The van der Waals surface area contributed by atoms with Gasteiger partial charge in [-0.1, -0.05) is 48.0 Å². The number of carbonyl (C=O) groups is 3. The number of amides is 1. The van der Waals surface area contributed by atoms with Gasteiger partial charge in [-0.15, -0.1) is 0 Å². The highest BCUT2D eigenvalue weighted by Crippen LogP contribution is 2.26.